The van der Waals surface area contributed by atoms with Gasteiger partial charge in [0.1, 0.15) is 31.9 Å². The maximum Gasteiger partial charge on any atom is 0.402 e. The SMILES string of the molecule is C[N+](C)=C(O)Sc1ccc(CCN2C=COC2c2cn(-c3ccc(Br)cc3)nc2-c2ccc(F)cc2)cc1[N+](=O)[O-]. The molecule has 0 saturated carbocycles. The first-order valence-corrected chi connectivity index (χ1v) is 14.2. The third-order valence-electron chi connectivity index (χ3n) is 6.44. The first-order valence-electron chi connectivity index (χ1n) is 12.6. The van der Waals surface area contributed by atoms with Crippen molar-refractivity contribution in [2.75, 3.05) is 20.6 Å². The van der Waals surface area contributed by atoms with E-state index in [-0.39, 0.29) is 16.7 Å². The number of aliphatic hydroxyl groups excluding tert-OH is 1. The highest BCUT2D eigenvalue weighted by Crippen LogP contribution is 2.36. The molecule has 41 heavy (non-hydrogen) atoms. The van der Waals surface area contributed by atoms with Gasteiger partial charge in [0.15, 0.2) is 0 Å². The van der Waals surface area contributed by atoms with E-state index in [0.29, 0.717) is 23.6 Å². The van der Waals surface area contributed by atoms with Crippen LogP contribution in [-0.2, 0) is 11.2 Å². The van der Waals surface area contributed by atoms with Gasteiger partial charge in [-0.15, -0.1) is 0 Å². The molecule has 12 heteroatoms. The van der Waals surface area contributed by atoms with Crippen molar-refractivity contribution < 1.29 is 23.7 Å². The number of aromatic nitrogens is 2. The van der Waals surface area contributed by atoms with Gasteiger partial charge in [-0.25, -0.2) is 9.07 Å². The molecular weight excluding hydrogens is 613 g/mol. The van der Waals surface area contributed by atoms with Crippen LogP contribution in [0.2, 0.25) is 0 Å². The monoisotopic (exact) mass is 638 g/mol. The number of benzene rings is 3. The molecule has 0 spiro atoms. The standard InChI is InChI=1S/C29H25BrFN5O4S/c1-33(2)29(37)41-26-12-3-19(17-25(26)36(38)39)13-14-34-15-16-40-28(34)24-18-35(23-10-6-21(30)7-11-23)32-27(24)20-4-8-22(31)9-5-20/h3-12,15-18,28H,13-14H2,1-2H3/p+1. The lowest BCUT2D eigenvalue weighted by atomic mass is 10.1. The van der Waals surface area contributed by atoms with Gasteiger partial charge in [-0.1, -0.05) is 22.0 Å². The van der Waals surface area contributed by atoms with Crippen molar-refractivity contribution in [3.8, 4) is 16.9 Å². The summed E-state index contributed by atoms with van der Waals surface area (Å²) in [4.78, 5) is 13.7. The van der Waals surface area contributed by atoms with E-state index in [1.165, 1.54) is 22.8 Å². The van der Waals surface area contributed by atoms with Crippen LogP contribution in [0.1, 0.15) is 17.4 Å². The maximum absolute atomic E-state index is 13.7. The van der Waals surface area contributed by atoms with Crippen LogP contribution >= 0.6 is 27.7 Å². The van der Waals surface area contributed by atoms with Gasteiger partial charge in [0.25, 0.3) is 5.69 Å². The molecular formula is C29H26BrFN5O4S+. The number of nitro groups is 1. The van der Waals surface area contributed by atoms with Crippen molar-refractivity contribution >= 4 is 38.6 Å². The van der Waals surface area contributed by atoms with E-state index in [1.807, 2.05) is 47.6 Å². The zero-order chi connectivity index (χ0) is 29.1. The van der Waals surface area contributed by atoms with Crippen LogP contribution in [0.3, 0.4) is 0 Å². The Labute approximate surface area is 248 Å². The van der Waals surface area contributed by atoms with E-state index in [1.54, 1.807) is 43.2 Å². The second-order valence-electron chi connectivity index (χ2n) is 9.46. The largest absolute Gasteiger partial charge is 0.472 e. The van der Waals surface area contributed by atoms with Gasteiger partial charge in [0.05, 0.1) is 21.1 Å². The Bertz CT molecular complexity index is 1640. The molecule has 0 bridgehead atoms. The van der Waals surface area contributed by atoms with E-state index < -0.39 is 11.2 Å². The molecule has 0 aliphatic carbocycles. The highest BCUT2D eigenvalue weighted by atomic mass is 79.9. The van der Waals surface area contributed by atoms with Crippen LogP contribution < -0.4 is 0 Å². The number of aliphatic hydroxyl groups is 1. The van der Waals surface area contributed by atoms with Crippen molar-refractivity contribution in [2.24, 2.45) is 0 Å². The smallest absolute Gasteiger partial charge is 0.402 e. The third-order valence-corrected chi connectivity index (χ3v) is 8.08. The number of nitro benzene ring substituents is 1. The molecule has 0 saturated heterocycles. The summed E-state index contributed by atoms with van der Waals surface area (Å²) in [6.45, 7) is 0.506. The molecule has 0 fully saturated rings. The van der Waals surface area contributed by atoms with Crippen LogP contribution in [0.5, 0.6) is 0 Å². The summed E-state index contributed by atoms with van der Waals surface area (Å²) in [7, 11) is 3.32. The average Bonchev–Trinajstić information content (AvgIpc) is 3.60. The molecule has 1 aliphatic rings. The molecule has 2 heterocycles. The summed E-state index contributed by atoms with van der Waals surface area (Å²) in [6, 6.07) is 18.9. The van der Waals surface area contributed by atoms with Gasteiger partial charge in [0, 0.05) is 46.8 Å². The topological polar surface area (TPSA) is 96.7 Å². The van der Waals surface area contributed by atoms with Gasteiger partial charge in [0.2, 0.25) is 6.23 Å². The Balaban J connectivity index is 1.41. The molecule has 1 aromatic heterocycles. The number of hydrogen-bond acceptors (Lipinski definition) is 6. The second kappa shape index (κ2) is 12.1. The summed E-state index contributed by atoms with van der Waals surface area (Å²) < 4.78 is 23.9. The maximum atomic E-state index is 13.7. The Morgan fingerprint density at radius 3 is 2.56 bits per heavy atom. The number of halogens is 2. The Kier molecular flexibility index (Phi) is 8.41. The third kappa shape index (κ3) is 6.44. The Morgan fingerprint density at radius 1 is 1.15 bits per heavy atom. The number of rotatable bonds is 8. The number of nitrogens with zero attached hydrogens (tertiary/aromatic N) is 5. The lowest BCUT2D eigenvalue weighted by Gasteiger charge is -2.24. The van der Waals surface area contributed by atoms with E-state index >= 15 is 0 Å². The van der Waals surface area contributed by atoms with E-state index in [9.17, 15) is 19.6 Å². The van der Waals surface area contributed by atoms with E-state index in [2.05, 4.69) is 15.9 Å². The minimum Gasteiger partial charge on any atom is -0.472 e. The number of ether oxygens (including phenoxy) is 1. The first kappa shape index (κ1) is 28.4. The number of thioether (sulfide) groups is 1. The van der Waals surface area contributed by atoms with Crippen LogP contribution in [0.15, 0.2) is 94.8 Å². The van der Waals surface area contributed by atoms with Gasteiger partial charge in [-0.2, -0.15) is 9.67 Å². The van der Waals surface area contributed by atoms with Crippen LogP contribution in [0, 0.1) is 15.9 Å². The van der Waals surface area contributed by atoms with Gasteiger partial charge < -0.3 is 14.7 Å². The molecule has 9 nitrogen and oxygen atoms in total. The Morgan fingerprint density at radius 2 is 1.88 bits per heavy atom. The normalized spacial score (nSPS) is 14.2. The van der Waals surface area contributed by atoms with Crippen molar-refractivity contribution in [1.82, 2.24) is 14.7 Å². The van der Waals surface area contributed by atoms with Crippen molar-refractivity contribution in [1.29, 1.82) is 0 Å². The summed E-state index contributed by atoms with van der Waals surface area (Å²) in [5.74, 6) is -0.337. The minimum atomic E-state index is -0.504. The summed E-state index contributed by atoms with van der Waals surface area (Å²) >= 11 is 4.40. The van der Waals surface area contributed by atoms with Gasteiger partial charge >= 0.3 is 5.23 Å². The summed E-state index contributed by atoms with van der Waals surface area (Å²) in [5.41, 5.74) is 3.74. The fourth-order valence-electron chi connectivity index (χ4n) is 4.31. The lowest BCUT2D eigenvalue weighted by molar-refractivity contribution is -0.469. The molecule has 1 unspecified atom stereocenters. The van der Waals surface area contributed by atoms with E-state index in [4.69, 9.17) is 9.84 Å². The first-order chi connectivity index (χ1) is 19.7. The van der Waals surface area contributed by atoms with E-state index in [0.717, 1.165) is 38.6 Å². The molecule has 1 aliphatic heterocycles. The molecule has 5 rings (SSSR count). The number of hydrogen-bond donors (Lipinski definition) is 1. The molecule has 4 aromatic rings. The van der Waals surface area contributed by atoms with Crippen LogP contribution in [0.25, 0.3) is 16.9 Å². The van der Waals surface area contributed by atoms with Crippen molar-refractivity contribution in [3.63, 3.8) is 0 Å². The van der Waals surface area contributed by atoms with Crippen molar-refractivity contribution in [3.05, 3.63) is 117 Å². The molecule has 3 aromatic carbocycles. The predicted molar refractivity (Wildman–Crippen MR) is 159 cm³/mol. The van der Waals surface area contributed by atoms with Crippen molar-refractivity contribution in [2.45, 2.75) is 17.5 Å². The fourth-order valence-corrected chi connectivity index (χ4v) is 5.33. The molecule has 0 radical (unpaired) electrons. The van der Waals surface area contributed by atoms with Crippen LogP contribution in [-0.4, -0.2) is 55.2 Å². The van der Waals surface area contributed by atoms with Gasteiger partial charge in [-0.05, 0) is 66.6 Å². The predicted octanol–water partition coefficient (Wildman–Crippen LogP) is 6.67. The quantitative estimate of drug-likeness (QED) is 0.0575. The Hall–Kier alpha value is -4.16. The minimum absolute atomic E-state index is 0.0383. The fraction of sp³-hybridized carbons (Fsp3) is 0.172. The zero-order valence-corrected chi connectivity index (χ0v) is 24.5. The highest BCUT2D eigenvalue weighted by Gasteiger charge is 2.29. The lowest BCUT2D eigenvalue weighted by Crippen LogP contribution is -2.23. The summed E-state index contributed by atoms with van der Waals surface area (Å²) in [6.07, 6.45) is 5.34. The molecule has 1 atom stereocenters. The molecule has 1 N–H and O–H groups in total. The summed E-state index contributed by atoms with van der Waals surface area (Å²) in [5, 5.41) is 26.6. The van der Waals surface area contributed by atoms with Gasteiger partial charge in [-0.3, -0.25) is 10.1 Å². The highest BCUT2D eigenvalue weighted by molar-refractivity contribution is 9.10. The molecule has 0 amide bonds. The zero-order valence-electron chi connectivity index (χ0n) is 22.1. The van der Waals surface area contributed by atoms with Crippen LogP contribution in [0.4, 0.5) is 10.1 Å². The average molecular weight is 640 g/mol. The molecule has 210 valence electrons. The second-order valence-corrected chi connectivity index (χ2v) is 11.4.